The maximum absolute atomic E-state index is 11.2. The summed E-state index contributed by atoms with van der Waals surface area (Å²) in [6, 6.07) is 12.9. The summed E-state index contributed by atoms with van der Waals surface area (Å²) in [7, 11) is -7.29. The van der Waals surface area contributed by atoms with Crippen LogP contribution in [0.5, 0.6) is 0 Å². The van der Waals surface area contributed by atoms with Gasteiger partial charge in [-0.2, -0.15) is 8.42 Å². The van der Waals surface area contributed by atoms with Crippen LogP contribution in [0.4, 0.5) is 5.69 Å². The number of nitrogens with one attached hydrogen (secondary N) is 1. The number of anilines is 1. The Hall–Kier alpha value is -1.98. The third-order valence-electron chi connectivity index (χ3n) is 5.89. The molecule has 0 saturated carbocycles. The molecule has 0 aromatic heterocycles. The van der Waals surface area contributed by atoms with Gasteiger partial charge in [0, 0.05) is 5.69 Å². The Morgan fingerprint density at radius 2 is 1.41 bits per heavy atom. The number of hydrogen-bond donors (Lipinski definition) is 3. The molecule has 0 spiro atoms. The van der Waals surface area contributed by atoms with Crippen molar-refractivity contribution in [1.29, 1.82) is 0 Å². The molecule has 210 valence electrons. The largest absolute Gasteiger partial charge is 0.388 e. The number of aryl methyl sites for hydroxylation is 1. The number of hydrogen-bond acceptors (Lipinski definition) is 6. The lowest BCUT2D eigenvalue weighted by Crippen LogP contribution is -2.26. The van der Waals surface area contributed by atoms with Crippen LogP contribution in [0.3, 0.4) is 0 Å². The first-order chi connectivity index (χ1) is 17.4. The average molecular weight is 557 g/mol. The van der Waals surface area contributed by atoms with E-state index >= 15 is 0 Å². The minimum Gasteiger partial charge on any atom is -0.388 e. The predicted molar refractivity (Wildman–Crippen MR) is 151 cm³/mol. The highest BCUT2D eigenvalue weighted by molar-refractivity contribution is 7.92. The standard InChI is InChI=1S/C20H36N2O3S.C7H8O3S/c1-4-6-7-8-9-16-22(5-2)17-10-11-20(23)18-12-14-19(15-13-18)21-26(3,24)25;1-6-2-4-7(5-3-6)11(8,9)10/h12-15,20-21,23H,4-11,16-17H2,1-3H3;2-5H,1H3,(H,8,9,10). The summed E-state index contributed by atoms with van der Waals surface area (Å²) in [6.07, 6.45) is 8.78. The molecule has 37 heavy (non-hydrogen) atoms. The molecule has 1 unspecified atom stereocenters. The lowest BCUT2D eigenvalue weighted by molar-refractivity contribution is 0.155. The minimum absolute atomic E-state index is 0.0666. The fourth-order valence-electron chi connectivity index (χ4n) is 3.74. The van der Waals surface area contributed by atoms with Gasteiger partial charge in [0.2, 0.25) is 10.0 Å². The van der Waals surface area contributed by atoms with Gasteiger partial charge in [-0.1, -0.05) is 69.4 Å². The Bertz CT molecular complexity index is 1100. The van der Waals surface area contributed by atoms with Crippen molar-refractivity contribution < 1.29 is 26.5 Å². The average Bonchev–Trinajstić information content (AvgIpc) is 2.82. The van der Waals surface area contributed by atoms with E-state index < -0.39 is 26.2 Å². The molecule has 0 fully saturated rings. The SMILES string of the molecule is CCCCCCCN(CC)CCCC(O)c1ccc(NS(C)(=O)=O)cc1.Cc1ccc(S(=O)(=O)O)cc1. The highest BCUT2D eigenvalue weighted by Crippen LogP contribution is 2.21. The van der Waals surface area contributed by atoms with Crippen molar-refractivity contribution in [3.63, 3.8) is 0 Å². The van der Waals surface area contributed by atoms with Crippen LogP contribution in [0.15, 0.2) is 53.4 Å². The van der Waals surface area contributed by atoms with E-state index in [-0.39, 0.29) is 4.90 Å². The van der Waals surface area contributed by atoms with Crippen molar-refractivity contribution in [3.05, 3.63) is 59.7 Å². The molecule has 8 nitrogen and oxygen atoms in total. The summed E-state index contributed by atoms with van der Waals surface area (Å²) in [5, 5.41) is 10.3. The van der Waals surface area contributed by atoms with E-state index in [4.69, 9.17) is 4.55 Å². The van der Waals surface area contributed by atoms with E-state index in [1.165, 1.54) is 44.2 Å². The van der Waals surface area contributed by atoms with Crippen molar-refractivity contribution in [2.24, 2.45) is 0 Å². The Balaban J connectivity index is 0.000000516. The van der Waals surface area contributed by atoms with Crippen LogP contribution < -0.4 is 4.72 Å². The van der Waals surface area contributed by atoms with Gasteiger partial charge in [-0.25, -0.2) is 8.42 Å². The normalized spacial score (nSPS) is 12.6. The fraction of sp³-hybridized carbons (Fsp3) is 0.556. The molecule has 0 aliphatic carbocycles. The molecule has 2 aromatic rings. The van der Waals surface area contributed by atoms with Crippen molar-refractivity contribution >= 4 is 25.8 Å². The lowest BCUT2D eigenvalue weighted by atomic mass is 10.0. The summed E-state index contributed by atoms with van der Waals surface area (Å²) < 4.78 is 54.4. The van der Waals surface area contributed by atoms with Crippen LogP contribution in [-0.4, -0.2) is 57.3 Å². The van der Waals surface area contributed by atoms with Crippen LogP contribution in [0.25, 0.3) is 0 Å². The van der Waals surface area contributed by atoms with Gasteiger partial charge < -0.3 is 10.0 Å². The van der Waals surface area contributed by atoms with Crippen molar-refractivity contribution in [2.75, 3.05) is 30.6 Å². The smallest absolute Gasteiger partial charge is 0.294 e. The first-order valence-corrected chi connectivity index (χ1v) is 16.2. The molecule has 0 amide bonds. The molecule has 0 aliphatic heterocycles. The molecule has 0 aliphatic rings. The number of benzene rings is 2. The van der Waals surface area contributed by atoms with E-state index in [0.717, 1.165) is 43.4 Å². The molecule has 0 bridgehead atoms. The second kappa shape index (κ2) is 16.8. The zero-order valence-electron chi connectivity index (χ0n) is 22.6. The summed E-state index contributed by atoms with van der Waals surface area (Å²) in [5.74, 6) is 0. The van der Waals surface area contributed by atoms with Gasteiger partial charge in [0.15, 0.2) is 0 Å². The zero-order chi connectivity index (χ0) is 27.9. The minimum atomic E-state index is -4.02. The van der Waals surface area contributed by atoms with Crippen molar-refractivity contribution in [1.82, 2.24) is 4.90 Å². The number of rotatable bonds is 15. The Kier molecular flexibility index (Phi) is 15.0. The van der Waals surface area contributed by atoms with Gasteiger partial charge in [-0.3, -0.25) is 9.27 Å². The summed E-state index contributed by atoms with van der Waals surface area (Å²) in [4.78, 5) is 2.39. The first kappa shape index (κ1) is 33.0. The van der Waals surface area contributed by atoms with Gasteiger partial charge in [-0.15, -0.1) is 0 Å². The van der Waals surface area contributed by atoms with Gasteiger partial charge in [0.25, 0.3) is 10.1 Å². The highest BCUT2D eigenvalue weighted by atomic mass is 32.2. The number of sulfonamides is 1. The van der Waals surface area contributed by atoms with Gasteiger partial charge in [-0.05, 0) is 75.6 Å². The second-order valence-electron chi connectivity index (χ2n) is 9.29. The third-order valence-corrected chi connectivity index (χ3v) is 7.37. The molecular formula is C27H44N2O6S2. The Labute approximate surface area is 223 Å². The Morgan fingerprint density at radius 3 is 1.92 bits per heavy atom. The molecule has 0 heterocycles. The molecular weight excluding hydrogens is 512 g/mol. The van der Waals surface area contributed by atoms with Gasteiger partial charge in [0.1, 0.15) is 0 Å². The maximum atomic E-state index is 11.2. The molecule has 2 rings (SSSR count). The highest BCUT2D eigenvalue weighted by Gasteiger charge is 2.10. The van der Waals surface area contributed by atoms with Gasteiger partial charge >= 0.3 is 0 Å². The van der Waals surface area contributed by atoms with Crippen LogP contribution in [0, 0.1) is 6.92 Å². The second-order valence-corrected chi connectivity index (χ2v) is 12.5. The van der Waals surface area contributed by atoms with E-state index in [2.05, 4.69) is 23.5 Å². The van der Waals surface area contributed by atoms with Crippen LogP contribution in [-0.2, 0) is 20.1 Å². The fourth-order valence-corrected chi connectivity index (χ4v) is 4.78. The monoisotopic (exact) mass is 556 g/mol. The zero-order valence-corrected chi connectivity index (χ0v) is 24.2. The van der Waals surface area contributed by atoms with Crippen molar-refractivity contribution in [3.8, 4) is 0 Å². The topological polar surface area (TPSA) is 124 Å². The molecule has 3 N–H and O–H groups in total. The quantitative estimate of drug-likeness (QED) is 0.198. The van der Waals surface area contributed by atoms with Crippen molar-refractivity contribution in [2.45, 2.75) is 76.7 Å². The summed E-state index contributed by atoms with van der Waals surface area (Å²) in [6.45, 7) is 9.47. The number of aliphatic hydroxyl groups excluding tert-OH is 1. The summed E-state index contributed by atoms with van der Waals surface area (Å²) >= 11 is 0. The van der Waals surface area contributed by atoms with Crippen LogP contribution in [0.1, 0.15) is 76.0 Å². The molecule has 2 aromatic carbocycles. The van der Waals surface area contributed by atoms with E-state index in [9.17, 15) is 21.9 Å². The number of aliphatic hydroxyl groups is 1. The van der Waals surface area contributed by atoms with E-state index in [1.807, 2.05) is 6.92 Å². The first-order valence-electron chi connectivity index (χ1n) is 12.9. The molecule has 1 atom stereocenters. The molecule has 0 radical (unpaired) electrons. The maximum Gasteiger partial charge on any atom is 0.294 e. The van der Waals surface area contributed by atoms with Crippen LogP contribution in [0.2, 0.25) is 0 Å². The predicted octanol–water partition coefficient (Wildman–Crippen LogP) is 5.41. The van der Waals surface area contributed by atoms with Crippen LogP contribution >= 0.6 is 0 Å². The molecule has 0 saturated heterocycles. The number of unbranched alkanes of at least 4 members (excludes halogenated alkanes) is 4. The van der Waals surface area contributed by atoms with E-state index in [1.54, 1.807) is 36.4 Å². The summed E-state index contributed by atoms with van der Waals surface area (Å²) in [5.41, 5.74) is 2.30. The molecule has 10 heteroatoms. The lowest BCUT2D eigenvalue weighted by Gasteiger charge is -2.21. The van der Waals surface area contributed by atoms with E-state index in [0.29, 0.717) is 12.1 Å². The third kappa shape index (κ3) is 15.1. The Morgan fingerprint density at radius 1 is 0.838 bits per heavy atom. The number of nitrogens with zero attached hydrogens (tertiary/aromatic N) is 1. The van der Waals surface area contributed by atoms with Gasteiger partial charge in [0.05, 0.1) is 17.3 Å².